The molecule has 1 aromatic carbocycles. The van der Waals surface area contributed by atoms with E-state index in [1.54, 1.807) is 4.90 Å². The standard InChI is InChI=1S/C16H20F2N2O3/c17-12-2-1-11(9-13(12)18)14-10-20(5-8-23-14)15(21)16(19)3-6-22-7-4-16/h1-2,9,14H,3-8,10,19H2. The second-order valence-electron chi connectivity index (χ2n) is 6.05. The van der Waals surface area contributed by atoms with E-state index in [1.807, 2.05) is 0 Å². The van der Waals surface area contributed by atoms with E-state index >= 15 is 0 Å². The van der Waals surface area contributed by atoms with Crippen LogP contribution in [0.1, 0.15) is 24.5 Å². The highest BCUT2D eigenvalue weighted by molar-refractivity contribution is 5.86. The SMILES string of the molecule is NC1(C(=O)N2CCOC(c3ccc(F)c(F)c3)C2)CCOCC1. The molecule has 0 bridgehead atoms. The van der Waals surface area contributed by atoms with Gasteiger partial charge in [0.15, 0.2) is 11.6 Å². The molecule has 0 aliphatic carbocycles. The molecule has 0 aromatic heterocycles. The van der Waals surface area contributed by atoms with Crippen LogP contribution in [0.15, 0.2) is 18.2 Å². The van der Waals surface area contributed by atoms with Crippen LogP contribution < -0.4 is 5.73 Å². The molecule has 1 atom stereocenters. The van der Waals surface area contributed by atoms with E-state index in [0.29, 0.717) is 44.8 Å². The third-order valence-corrected chi connectivity index (χ3v) is 4.48. The highest BCUT2D eigenvalue weighted by atomic mass is 19.2. The fraction of sp³-hybridized carbons (Fsp3) is 0.562. The van der Waals surface area contributed by atoms with Crippen LogP contribution in [0.5, 0.6) is 0 Å². The molecule has 126 valence electrons. The molecule has 2 saturated heterocycles. The highest BCUT2D eigenvalue weighted by Gasteiger charge is 2.40. The van der Waals surface area contributed by atoms with E-state index in [4.69, 9.17) is 15.2 Å². The van der Waals surface area contributed by atoms with Crippen LogP contribution in [-0.2, 0) is 14.3 Å². The van der Waals surface area contributed by atoms with Gasteiger partial charge in [-0.1, -0.05) is 6.07 Å². The molecule has 0 saturated carbocycles. The largest absolute Gasteiger partial charge is 0.381 e. The molecular formula is C16H20F2N2O3. The molecular weight excluding hydrogens is 306 g/mol. The maximum absolute atomic E-state index is 13.4. The number of carbonyl (C=O) groups excluding carboxylic acids is 1. The highest BCUT2D eigenvalue weighted by Crippen LogP contribution is 2.27. The summed E-state index contributed by atoms with van der Waals surface area (Å²) in [5.41, 5.74) is 5.84. The van der Waals surface area contributed by atoms with Crippen molar-refractivity contribution >= 4 is 5.91 Å². The second kappa shape index (κ2) is 6.51. The quantitative estimate of drug-likeness (QED) is 0.892. The van der Waals surface area contributed by atoms with Crippen LogP contribution in [0.25, 0.3) is 0 Å². The predicted molar refractivity (Wildman–Crippen MR) is 78.6 cm³/mol. The lowest BCUT2D eigenvalue weighted by atomic mass is 9.89. The Kier molecular flexibility index (Phi) is 4.61. The molecule has 2 N–H and O–H groups in total. The van der Waals surface area contributed by atoms with Gasteiger partial charge in [-0.2, -0.15) is 0 Å². The number of hydrogen-bond acceptors (Lipinski definition) is 4. The second-order valence-corrected chi connectivity index (χ2v) is 6.05. The minimum absolute atomic E-state index is 0.128. The molecule has 2 aliphatic heterocycles. The van der Waals surface area contributed by atoms with Crippen molar-refractivity contribution in [1.82, 2.24) is 4.90 Å². The van der Waals surface area contributed by atoms with Crippen LogP contribution in [0.2, 0.25) is 0 Å². The fourth-order valence-electron chi connectivity index (χ4n) is 3.01. The zero-order valence-electron chi connectivity index (χ0n) is 12.8. The first-order valence-corrected chi connectivity index (χ1v) is 7.72. The van der Waals surface area contributed by atoms with E-state index in [0.717, 1.165) is 12.1 Å². The van der Waals surface area contributed by atoms with Crippen molar-refractivity contribution in [1.29, 1.82) is 0 Å². The third kappa shape index (κ3) is 3.36. The lowest BCUT2D eigenvalue weighted by molar-refractivity contribution is -0.148. The van der Waals surface area contributed by atoms with Gasteiger partial charge in [0.1, 0.15) is 6.10 Å². The molecule has 0 spiro atoms. The van der Waals surface area contributed by atoms with Crippen LogP contribution in [0.3, 0.4) is 0 Å². The molecule has 1 amide bonds. The van der Waals surface area contributed by atoms with Crippen LogP contribution in [0, 0.1) is 11.6 Å². The van der Waals surface area contributed by atoms with Crippen molar-refractivity contribution in [3.8, 4) is 0 Å². The molecule has 2 heterocycles. The fourth-order valence-corrected chi connectivity index (χ4v) is 3.01. The number of morpholine rings is 1. The lowest BCUT2D eigenvalue weighted by Gasteiger charge is -2.40. The maximum atomic E-state index is 13.4. The summed E-state index contributed by atoms with van der Waals surface area (Å²) in [6.45, 7) is 2.00. The Morgan fingerprint density at radius 3 is 2.65 bits per heavy atom. The van der Waals surface area contributed by atoms with Gasteiger partial charge in [0.05, 0.1) is 18.7 Å². The zero-order chi connectivity index (χ0) is 16.4. The molecule has 2 aliphatic rings. The Bertz CT molecular complexity index is 591. The monoisotopic (exact) mass is 326 g/mol. The minimum Gasteiger partial charge on any atom is -0.381 e. The van der Waals surface area contributed by atoms with Crippen molar-refractivity contribution in [2.45, 2.75) is 24.5 Å². The minimum atomic E-state index is -0.922. The van der Waals surface area contributed by atoms with Crippen molar-refractivity contribution in [3.63, 3.8) is 0 Å². The van der Waals surface area contributed by atoms with E-state index in [-0.39, 0.29) is 12.5 Å². The summed E-state index contributed by atoms with van der Waals surface area (Å²) < 4.78 is 37.3. The van der Waals surface area contributed by atoms with Crippen molar-refractivity contribution in [2.24, 2.45) is 5.73 Å². The molecule has 7 heteroatoms. The summed E-state index contributed by atoms with van der Waals surface area (Å²) in [4.78, 5) is 14.4. The van der Waals surface area contributed by atoms with Gasteiger partial charge in [-0.05, 0) is 30.5 Å². The van der Waals surface area contributed by atoms with Gasteiger partial charge in [-0.25, -0.2) is 8.78 Å². The molecule has 2 fully saturated rings. The first kappa shape index (κ1) is 16.3. The Morgan fingerprint density at radius 2 is 1.96 bits per heavy atom. The summed E-state index contributed by atoms with van der Waals surface area (Å²) in [5, 5.41) is 0. The first-order chi connectivity index (χ1) is 11.0. The van der Waals surface area contributed by atoms with E-state index in [9.17, 15) is 13.6 Å². The topological polar surface area (TPSA) is 64.8 Å². The Hall–Kier alpha value is -1.57. The van der Waals surface area contributed by atoms with Gasteiger partial charge in [-0.15, -0.1) is 0 Å². The van der Waals surface area contributed by atoms with Crippen LogP contribution in [0.4, 0.5) is 8.78 Å². The summed E-state index contributed by atoms with van der Waals surface area (Å²) >= 11 is 0. The number of benzene rings is 1. The average Bonchev–Trinajstić information content (AvgIpc) is 2.57. The maximum Gasteiger partial charge on any atom is 0.243 e. The molecule has 1 unspecified atom stereocenters. The Labute approximate surface area is 133 Å². The predicted octanol–water partition coefficient (Wildman–Crippen LogP) is 1.37. The third-order valence-electron chi connectivity index (χ3n) is 4.48. The summed E-state index contributed by atoms with van der Waals surface area (Å²) in [6, 6.07) is 3.65. The molecule has 3 rings (SSSR count). The number of rotatable bonds is 2. The summed E-state index contributed by atoms with van der Waals surface area (Å²) in [7, 11) is 0. The van der Waals surface area contributed by atoms with Gasteiger partial charge in [-0.3, -0.25) is 4.79 Å². The van der Waals surface area contributed by atoms with Crippen molar-refractivity contribution in [3.05, 3.63) is 35.4 Å². The average molecular weight is 326 g/mol. The van der Waals surface area contributed by atoms with Gasteiger partial charge in [0, 0.05) is 19.8 Å². The Morgan fingerprint density at radius 1 is 1.22 bits per heavy atom. The van der Waals surface area contributed by atoms with Crippen molar-refractivity contribution in [2.75, 3.05) is 32.9 Å². The van der Waals surface area contributed by atoms with Crippen LogP contribution in [-0.4, -0.2) is 49.3 Å². The number of amides is 1. The van der Waals surface area contributed by atoms with Gasteiger partial charge in [0.2, 0.25) is 5.91 Å². The smallest absolute Gasteiger partial charge is 0.243 e. The number of hydrogen-bond donors (Lipinski definition) is 1. The van der Waals surface area contributed by atoms with E-state index in [1.165, 1.54) is 6.07 Å². The zero-order valence-corrected chi connectivity index (χ0v) is 12.8. The number of halogens is 2. The first-order valence-electron chi connectivity index (χ1n) is 7.72. The van der Waals surface area contributed by atoms with Crippen LogP contribution >= 0.6 is 0 Å². The van der Waals surface area contributed by atoms with E-state index in [2.05, 4.69) is 0 Å². The number of carbonyl (C=O) groups is 1. The van der Waals surface area contributed by atoms with E-state index < -0.39 is 23.3 Å². The summed E-state index contributed by atoms with van der Waals surface area (Å²) in [6.07, 6.45) is 0.490. The van der Waals surface area contributed by atoms with Gasteiger partial charge in [0.25, 0.3) is 0 Å². The normalized spacial score (nSPS) is 24.5. The number of ether oxygens (including phenoxy) is 2. The number of nitrogens with zero attached hydrogens (tertiary/aromatic N) is 1. The Balaban J connectivity index is 1.72. The molecule has 5 nitrogen and oxygen atoms in total. The molecule has 23 heavy (non-hydrogen) atoms. The molecule has 0 radical (unpaired) electrons. The van der Waals surface area contributed by atoms with Gasteiger partial charge < -0.3 is 20.1 Å². The number of nitrogens with two attached hydrogens (primary N) is 1. The molecule has 1 aromatic rings. The summed E-state index contributed by atoms with van der Waals surface area (Å²) in [5.74, 6) is -1.95. The lowest BCUT2D eigenvalue weighted by Crippen LogP contribution is -2.60. The van der Waals surface area contributed by atoms with Gasteiger partial charge >= 0.3 is 0 Å². The van der Waals surface area contributed by atoms with Crippen molar-refractivity contribution < 1.29 is 23.0 Å².